The molecule has 92 valence electrons. The molecule has 1 aromatic rings. The van der Waals surface area contributed by atoms with Crippen LogP contribution in [0.15, 0.2) is 18.3 Å². The van der Waals surface area contributed by atoms with Crippen LogP contribution < -0.4 is 5.73 Å². The van der Waals surface area contributed by atoms with E-state index >= 15 is 0 Å². The molecule has 0 amide bonds. The van der Waals surface area contributed by atoms with Crippen molar-refractivity contribution in [3.05, 3.63) is 29.6 Å². The first-order valence-corrected chi connectivity index (χ1v) is 5.85. The Morgan fingerprint density at radius 3 is 2.88 bits per heavy atom. The molecule has 0 spiro atoms. The Hall–Kier alpha value is -1.46. The number of likely N-dealkylation sites (tertiary alicyclic amines) is 1. The van der Waals surface area contributed by atoms with Gasteiger partial charge in [-0.1, -0.05) is 6.07 Å². The number of nitrogens with one attached hydrogen (secondary N) is 1. The van der Waals surface area contributed by atoms with Crippen molar-refractivity contribution in [2.24, 2.45) is 5.73 Å². The molecule has 0 unspecified atom stereocenters. The molecule has 5 heteroatoms. The molecule has 5 nitrogen and oxygen atoms in total. The van der Waals surface area contributed by atoms with Gasteiger partial charge in [-0.05, 0) is 24.5 Å². The zero-order chi connectivity index (χ0) is 12.3. The van der Waals surface area contributed by atoms with Crippen LogP contribution in [0.3, 0.4) is 0 Å². The minimum Gasteiger partial charge on any atom is -0.393 e. The van der Waals surface area contributed by atoms with Crippen molar-refractivity contribution in [1.29, 1.82) is 5.41 Å². The van der Waals surface area contributed by atoms with Crippen LogP contribution in [0.25, 0.3) is 0 Å². The van der Waals surface area contributed by atoms with Gasteiger partial charge in [0, 0.05) is 25.8 Å². The molecule has 1 saturated heterocycles. The molecule has 1 aromatic heterocycles. The molecular formula is C12H18N4O. The lowest BCUT2D eigenvalue weighted by Gasteiger charge is -2.29. The number of hydrogen-bond acceptors (Lipinski definition) is 4. The first-order chi connectivity index (χ1) is 8.16. The predicted octanol–water partition coefficient (Wildman–Crippen LogP) is 0.322. The molecule has 0 atom stereocenters. The topological polar surface area (TPSA) is 86.2 Å². The van der Waals surface area contributed by atoms with Gasteiger partial charge >= 0.3 is 0 Å². The fourth-order valence-electron chi connectivity index (χ4n) is 2.13. The van der Waals surface area contributed by atoms with Crippen molar-refractivity contribution in [3.63, 3.8) is 0 Å². The maximum absolute atomic E-state index is 9.44. The van der Waals surface area contributed by atoms with E-state index in [1.54, 1.807) is 6.20 Å². The average Bonchev–Trinajstić information content (AvgIpc) is 2.32. The molecule has 0 bridgehead atoms. The van der Waals surface area contributed by atoms with Gasteiger partial charge in [-0.3, -0.25) is 15.3 Å². The van der Waals surface area contributed by atoms with Crippen molar-refractivity contribution in [3.8, 4) is 0 Å². The second-order valence-corrected chi connectivity index (χ2v) is 4.43. The number of nitrogen functional groups attached to an aromatic ring is 1. The summed E-state index contributed by atoms with van der Waals surface area (Å²) in [6.07, 6.45) is 3.12. The summed E-state index contributed by atoms with van der Waals surface area (Å²) in [6, 6.07) is 3.81. The van der Waals surface area contributed by atoms with Gasteiger partial charge in [0.25, 0.3) is 0 Å². The monoisotopic (exact) mass is 234 g/mol. The quantitative estimate of drug-likeness (QED) is 0.519. The number of aliphatic hydroxyl groups excluding tert-OH is 1. The Balaban J connectivity index is 2.05. The highest BCUT2D eigenvalue weighted by Gasteiger charge is 2.18. The van der Waals surface area contributed by atoms with Gasteiger partial charge in [0.2, 0.25) is 0 Å². The van der Waals surface area contributed by atoms with Crippen molar-refractivity contribution in [1.82, 2.24) is 9.88 Å². The molecular weight excluding hydrogens is 216 g/mol. The van der Waals surface area contributed by atoms with E-state index in [9.17, 15) is 5.11 Å². The van der Waals surface area contributed by atoms with Crippen LogP contribution in [-0.2, 0) is 6.54 Å². The van der Waals surface area contributed by atoms with Crippen LogP contribution in [0.2, 0.25) is 0 Å². The number of nitrogens with two attached hydrogens (primary N) is 1. The lowest BCUT2D eigenvalue weighted by molar-refractivity contribution is 0.0792. The van der Waals surface area contributed by atoms with Gasteiger partial charge in [-0.25, -0.2) is 0 Å². The highest BCUT2D eigenvalue weighted by atomic mass is 16.3. The molecule has 2 rings (SSSR count). The van der Waals surface area contributed by atoms with Crippen molar-refractivity contribution in [2.75, 3.05) is 13.1 Å². The zero-order valence-corrected chi connectivity index (χ0v) is 9.76. The summed E-state index contributed by atoms with van der Waals surface area (Å²) in [6.45, 7) is 2.51. The summed E-state index contributed by atoms with van der Waals surface area (Å²) in [5, 5.41) is 16.9. The number of hydrogen-bond donors (Lipinski definition) is 3. The maximum Gasteiger partial charge on any atom is 0.142 e. The molecule has 0 radical (unpaired) electrons. The predicted molar refractivity (Wildman–Crippen MR) is 65.8 cm³/mol. The van der Waals surface area contributed by atoms with Crippen LogP contribution in [0, 0.1) is 5.41 Å². The summed E-state index contributed by atoms with van der Waals surface area (Å²) in [5.74, 6) is 0.0117. The van der Waals surface area contributed by atoms with E-state index < -0.39 is 0 Å². The lowest BCUT2D eigenvalue weighted by Crippen LogP contribution is -2.36. The number of piperidine rings is 1. The van der Waals surface area contributed by atoms with Gasteiger partial charge in [0.05, 0.1) is 6.10 Å². The van der Waals surface area contributed by atoms with Gasteiger partial charge < -0.3 is 10.8 Å². The van der Waals surface area contributed by atoms with E-state index in [0.29, 0.717) is 5.69 Å². The van der Waals surface area contributed by atoms with Crippen LogP contribution >= 0.6 is 0 Å². The highest BCUT2D eigenvalue weighted by molar-refractivity contribution is 5.94. The number of pyridine rings is 1. The Morgan fingerprint density at radius 1 is 1.53 bits per heavy atom. The van der Waals surface area contributed by atoms with Crippen molar-refractivity contribution >= 4 is 5.84 Å². The van der Waals surface area contributed by atoms with Crippen molar-refractivity contribution < 1.29 is 5.11 Å². The van der Waals surface area contributed by atoms with E-state index in [-0.39, 0.29) is 11.9 Å². The van der Waals surface area contributed by atoms with Gasteiger partial charge in [0.1, 0.15) is 11.5 Å². The molecule has 4 N–H and O–H groups in total. The Kier molecular flexibility index (Phi) is 3.71. The highest BCUT2D eigenvalue weighted by Crippen LogP contribution is 2.15. The smallest absolute Gasteiger partial charge is 0.142 e. The average molecular weight is 234 g/mol. The summed E-state index contributed by atoms with van der Waals surface area (Å²) in [4.78, 5) is 6.39. The van der Waals surface area contributed by atoms with Gasteiger partial charge in [0.15, 0.2) is 0 Å². The third kappa shape index (κ3) is 3.01. The number of amidine groups is 1. The van der Waals surface area contributed by atoms with Crippen LogP contribution in [0.1, 0.15) is 24.1 Å². The third-order valence-corrected chi connectivity index (χ3v) is 3.10. The lowest BCUT2D eigenvalue weighted by atomic mass is 10.1. The van der Waals surface area contributed by atoms with E-state index in [1.165, 1.54) is 0 Å². The molecule has 17 heavy (non-hydrogen) atoms. The number of nitrogens with zero attached hydrogens (tertiary/aromatic N) is 2. The first-order valence-electron chi connectivity index (χ1n) is 5.85. The molecule has 1 aliphatic heterocycles. The SMILES string of the molecule is N=C(N)c1ncccc1CN1CCC(O)CC1. The Labute approximate surface area is 101 Å². The number of aliphatic hydroxyl groups is 1. The van der Waals surface area contributed by atoms with Crippen LogP contribution in [0.5, 0.6) is 0 Å². The van der Waals surface area contributed by atoms with Crippen LogP contribution in [0.4, 0.5) is 0 Å². The second-order valence-electron chi connectivity index (χ2n) is 4.43. The minimum absolute atomic E-state index is 0.0117. The normalized spacial score (nSPS) is 18.2. The summed E-state index contributed by atoms with van der Waals surface area (Å²) in [5.41, 5.74) is 7.05. The molecule has 1 aliphatic rings. The fourth-order valence-corrected chi connectivity index (χ4v) is 2.13. The molecule has 0 saturated carbocycles. The molecule has 2 heterocycles. The summed E-state index contributed by atoms with van der Waals surface area (Å²) < 4.78 is 0. The molecule has 0 aliphatic carbocycles. The van der Waals surface area contributed by atoms with Gasteiger partial charge in [-0.2, -0.15) is 0 Å². The number of rotatable bonds is 3. The largest absolute Gasteiger partial charge is 0.393 e. The summed E-state index contributed by atoms with van der Waals surface area (Å²) in [7, 11) is 0. The van der Waals surface area contributed by atoms with Crippen molar-refractivity contribution in [2.45, 2.75) is 25.5 Å². The minimum atomic E-state index is -0.160. The fraction of sp³-hybridized carbons (Fsp3) is 0.500. The van der Waals surface area contributed by atoms with E-state index in [4.69, 9.17) is 11.1 Å². The van der Waals surface area contributed by atoms with E-state index in [0.717, 1.165) is 38.0 Å². The van der Waals surface area contributed by atoms with Gasteiger partial charge in [-0.15, -0.1) is 0 Å². The second kappa shape index (κ2) is 5.25. The maximum atomic E-state index is 9.44. The molecule has 0 aromatic carbocycles. The standard InChI is InChI=1S/C12H18N4O/c13-12(14)11-9(2-1-5-15-11)8-16-6-3-10(17)4-7-16/h1-2,5,10,17H,3-4,6-8H2,(H3,13,14). The van der Waals surface area contributed by atoms with E-state index in [1.807, 2.05) is 12.1 Å². The number of aromatic nitrogens is 1. The summed E-state index contributed by atoms with van der Waals surface area (Å²) >= 11 is 0. The zero-order valence-electron chi connectivity index (χ0n) is 9.76. The third-order valence-electron chi connectivity index (χ3n) is 3.10. The Morgan fingerprint density at radius 2 is 2.24 bits per heavy atom. The Bertz CT molecular complexity index is 399. The van der Waals surface area contributed by atoms with Crippen LogP contribution in [-0.4, -0.2) is 40.0 Å². The molecule has 1 fully saturated rings. The first kappa shape index (κ1) is 12.0. The van der Waals surface area contributed by atoms with E-state index in [2.05, 4.69) is 9.88 Å².